The van der Waals surface area contributed by atoms with Crippen LogP contribution in [0.25, 0.3) is 11.5 Å². The molecular formula is C15H18N4O4S. The number of hydrogen-bond acceptors (Lipinski definition) is 6. The van der Waals surface area contributed by atoms with Crippen molar-refractivity contribution < 1.29 is 17.6 Å². The number of carbonyl (C=O) groups is 1. The molecular weight excluding hydrogens is 332 g/mol. The maximum atomic E-state index is 12.4. The molecule has 1 aliphatic rings. The molecule has 0 bridgehead atoms. The van der Waals surface area contributed by atoms with E-state index < -0.39 is 22.0 Å². The van der Waals surface area contributed by atoms with Gasteiger partial charge in [0.25, 0.3) is 0 Å². The Kier molecular flexibility index (Phi) is 4.63. The van der Waals surface area contributed by atoms with Crippen molar-refractivity contribution in [2.75, 3.05) is 18.1 Å². The van der Waals surface area contributed by atoms with E-state index in [1.165, 1.54) is 4.31 Å². The van der Waals surface area contributed by atoms with E-state index in [4.69, 9.17) is 4.42 Å². The summed E-state index contributed by atoms with van der Waals surface area (Å²) in [5.74, 6) is -0.169. The van der Waals surface area contributed by atoms with E-state index in [2.05, 4.69) is 15.5 Å². The molecule has 3 rings (SSSR count). The predicted octanol–water partition coefficient (Wildman–Crippen LogP) is 1.49. The van der Waals surface area contributed by atoms with E-state index in [0.717, 1.165) is 24.7 Å². The van der Waals surface area contributed by atoms with E-state index in [1.807, 2.05) is 30.3 Å². The zero-order chi connectivity index (χ0) is 17.2. The summed E-state index contributed by atoms with van der Waals surface area (Å²) in [5, 5.41) is 10.2. The van der Waals surface area contributed by atoms with Gasteiger partial charge >= 0.3 is 6.01 Å². The fourth-order valence-corrected chi connectivity index (χ4v) is 3.85. The molecule has 1 aliphatic heterocycles. The van der Waals surface area contributed by atoms with Gasteiger partial charge in [-0.25, -0.2) is 8.42 Å². The molecule has 2 aromatic rings. The number of amides is 1. The van der Waals surface area contributed by atoms with E-state index in [1.54, 1.807) is 0 Å². The lowest BCUT2D eigenvalue weighted by molar-refractivity contribution is -0.120. The van der Waals surface area contributed by atoms with Gasteiger partial charge in [0.05, 0.1) is 6.26 Å². The zero-order valence-electron chi connectivity index (χ0n) is 13.2. The first-order valence-electron chi connectivity index (χ1n) is 7.62. The Morgan fingerprint density at radius 3 is 2.71 bits per heavy atom. The highest BCUT2D eigenvalue weighted by molar-refractivity contribution is 7.88. The summed E-state index contributed by atoms with van der Waals surface area (Å²) < 4.78 is 30.3. The number of carbonyl (C=O) groups excluding carboxylic acids is 1. The molecule has 0 aliphatic carbocycles. The first-order valence-corrected chi connectivity index (χ1v) is 9.46. The van der Waals surface area contributed by atoms with Crippen molar-refractivity contribution in [3.05, 3.63) is 30.3 Å². The Labute approximate surface area is 139 Å². The Morgan fingerprint density at radius 2 is 2.00 bits per heavy atom. The van der Waals surface area contributed by atoms with Gasteiger partial charge in [-0.2, -0.15) is 4.31 Å². The SMILES string of the molecule is CS(=O)(=O)N1CCCC[C@@H]1C(=O)Nc1nnc(-c2ccccc2)o1. The summed E-state index contributed by atoms with van der Waals surface area (Å²) in [4.78, 5) is 12.4. The van der Waals surface area contributed by atoms with Gasteiger partial charge in [-0.3, -0.25) is 10.1 Å². The molecule has 1 fully saturated rings. The van der Waals surface area contributed by atoms with Crippen LogP contribution in [0.15, 0.2) is 34.7 Å². The van der Waals surface area contributed by atoms with Gasteiger partial charge in [-0.15, -0.1) is 5.10 Å². The monoisotopic (exact) mass is 350 g/mol. The van der Waals surface area contributed by atoms with E-state index in [9.17, 15) is 13.2 Å². The first kappa shape index (κ1) is 16.6. The molecule has 1 aromatic heterocycles. The second-order valence-corrected chi connectivity index (χ2v) is 7.59. The number of piperidine rings is 1. The van der Waals surface area contributed by atoms with E-state index in [0.29, 0.717) is 13.0 Å². The molecule has 9 heteroatoms. The van der Waals surface area contributed by atoms with Crippen LogP contribution in [0.3, 0.4) is 0 Å². The zero-order valence-corrected chi connectivity index (χ0v) is 14.0. The highest BCUT2D eigenvalue weighted by Crippen LogP contribution is 2.23. The smallest absolute Gasteiger partial charge is 0.322 e. The summed E-state index contributed by atoms with van der Waals surface area (Å²) in [5.41, 5.74) is 0.737. The lowest BCUT2D eigenvalue weighted by Crippen LogP contribution is -2.49. The molecule has 1 atom stereocenters. The van der Waals surface area contributed by atoms with E-state index in [-0.39, 0.29) is 11.9 Å². The number of rotatable bonds is 4. The highest BCUT2D eigenvalue weighted by Gasteiger charge is 2.35. The number of hydrogen-bond donors (Lipinski definition) is 1. The van der Waals surface area contributed by atoms with Gasteiger partial charge in [0.2, 0.25) is 21.8 Å². The number of nitrogens with one attached hydrogen (secondary N) is 1. The van der Waals surface area contributed by atoms with Gasteiger partial charge in [0.15, 0.2) is 0 Å². The molecule has 2 heterocycles. The summed E-state index contributed by atoms with van der Waals surface area (Å²) in [6, 6.07) is 8.37. The van der Waals surface area contributed by atoms with Crippen LogP contribution in [0.5, 0.6) is 0 Å². The maximum Gasteiger partial charge on any atom is 0.322 e. The quantitative estimate of drug-likeness (QED) is 0.895. The lowest BCUT2D eigenvalue weighted by atomic mass is 10.0. The van der Waals surface area contributed by atoms with Crippen LogP contribution < -0.4 is 5.32 Å². The van der Waals surface area contributed by atoms with E-state index >= 15 is 0 Å². The van der Waals surface area contributed by atoms with Gasteiger partial charge < -0.3 is 4.42 Å². The van der Waals surface area contributed by atoms with Crippen LogP contribution in [-0.4, -0.2) is 47.7 Å². The highest BCUT2D eigenvalue weighted by atomic mass is 32.2. The fraction of sp³-hybridized carbons (Fsp3) is 0.400. The molecule has 1 saturated heterocycles. The normalized spacial score (nSPS) is 19.1. The molecule has 8 nitrogen and oxygen atoms in total. The molecule has 0 radical (unpaired) electrons. The van der Waals surface area contributed by atoms with Gasteiger partial charge in [-0.05, 0) is 25.0 Å². The number of anilines is 1. The Bertz CT molecular complexity index is 819. The maximum absolute atomic E-state index is 12.4. The minimum atomic E-state index is -3.44. The second-order valence-electron chi connectivity index (χ2n) is 5.65. The molecule has 24 heavy (non-hydrogen) atoms. The van der Waals surface area contributed by atoms with Gasteiger partial charge in [0.1, 0.15) is 6.04 Å². The van der Waals surface area contributed by atoms with Crippen LogP contribution in [0.1, 0.15) is 19.3 Å². The molecule has 1 aromatic carbocycles. The fourth-order valence-electron chi connectivity index (χ4n) is 2.72. The van der Waals surface area contributed by atoms with Crippen molar-refractivity contribution in [2.45, 2.75) is 25.3 Å². The first-order chi connectivity index (χ1) is 11.4. The average Bonchev–Trinajstić information content (AvgIpc) is 3.03. The van der Waals surface area contributed by atoms with Gasteiger partial charge in [0, 0.05) is 12.1 Å². The Balaban J connectivity index is 1.74. The van der Waals surface area contributed by atoms with Gasteiger partial charge in [-0.1, -0.05) is 29.7 Å². The molecule has 1 amide bonds. The summed E-state index contributed by atoms with van der Waals surface area (Å²) >= 11 is 0. The number of nitrogens with zero attached hydrogens (tertiary/aromatic N) is 3. The standard InChI is InChI=1S/C15H18N4O4S/c1-24(21,22)19-10-6-5-9-12(19)13(20)16-15-18-17-14(23-15)11-7-3-2-4-8-11/h2-4,7-8,12H,5-6,9-10H2,1H3,(H,16,18,20)/t12-/m1/s1. The van der Waals surface area contributed by atoms with Crippen molar-refractivity contribution in [2.24, 2.45) is 0 Å². The largest absolute Gasteiger partial charge is 0.403 e. The predicted molar refractivity (Wildman–Crippen MR) is 87.6 cm³/mol. The minimum absolute atomic E-state index is 0.0436. The van der Waals surface area contributed by atoms with Crippen molar-refractivity contribution in [1.29, 1.82) is 0 Å². The summed E-state index contributed by atoms with van der Waals surface area (Å²) in [7, 11) is -3.44. The van der Waals surface area contributed by atoms with Crippen LogP contribution in [0, 0.1) is 0 Å². The van der Waals surface area contributed by atoms with Crippen molar-refractivity contribution in [1.82, 2.24) is 14.5 Å². The number of aromatic nitrogens is 2. The molecule has 1 N–H and O–H groups in total. The molecule has 0 spiro atoms. The number of benzene rings is 1. The van der Waals surface area contributed by atoms with Crippen molar-refractivity contribution in [3.63, 3.8) is 0 Å². The second kappa shape index (κ2) is 6.70. The van der Waals surface area contributed by atoms with Crippen molar-refractivity contribution in [3.8, 4) is 11.5 Å². The summed E-state index contributed by atoms with van der Waals surface area (Å²) in [6.07, 6.45) is 3.12. The Hall–Kier alpha value is -2.26. The molecule has 128 valence electrons. The third-order valence-electron chi connectivity index (χ3n) is 3.86. The molecule has 0 unspecified atom stereocenters. The lowest BCUT2D eigenvalue weighted by Gasteiger charge is -2.32. The minimum Gasteiger partial charge on any atom is -0.403 e. The topological polar surface area (TPSA) is 105 Å². The van der Waals surface area contributed by atoms with Crippen LogP contribution in [-0.2, 0) is 14.8 Å². The average molecular weight is 350 g/mol. The van der Waals surface area contributed by atoms with Crippen LogP contribution >= 0.6 is 0 Å². The third kappa shape index (κ3) is 3.62. The third-order valence-corrected chi connectivity index (χ3v) is 5.15. The Morgan fingerprint density at radius 1 is 1.25 bits per heavy atom. The van der Waals surface area contributed by atoms with Crippen LogP contribution in [0.4, 0.5) is 6.01 Å². The number of sulfonamides is 1. The summed E-state index contributed by atoms with van der Waals surface area (Å²) in [6.45, 7) is 0.343. The van der Waals surface area contributed by atoms with Crippen LogP contribution in [0.2, 0.25) is 0 Å². The molecule has 0 saturated carbocycles. The van der Waals surface area contributed by atoms with Crippen molar-refractivity contribution >= 4 is 21.9 Å².